The van der Waals surface area contributed by atoms with Crippen molar-refractivity contribution in [2.45, 2.75) is 34.9 Å². The lowest BCUT2D eigenvalue weighted by molar-refractivity contribution is -0.118. The van der Waals surface area contributed by atoms with E-state index in [9.17, 15) is 4.79 Å². The molecule has 0 atom stereocenters. The van der Waals surface area contributed by atoms with Gasteiger partial charge < -0.3 is 5.32 Å². The van der Waals surface area contributed by atoms with Crippen molar-refractivity contribution >= 4 is 40.8 Å². The molecule has 1 aromatic carbocycles. The van der Waals surface area contributed by atoms with Crippen LogP contribution in [0.15, 0.2) is 32.9 Å². The Morgan fingerprint density at radius 3 is 2.52 bits per heavy atom. The van der Waals surface area contributed by atoms with E-state index in [4.69, 9.17) is 0 Å². The first-order chi connectivity index (χ1) is 11.1. The van der Waals surface area contributed by atoms with Crippen LogP contribution in [0, 0.1) is 0 Å². The predicted molar refractivity (Wildman–Crippen MR) is 99.7 cm³/mol. The van der Waals surface area contributed by atoms with Crippen LogP contribution in [0.3, 0.4) is 0 Å². The van der Waals surface area contributed by atoms with Crippen molar-refractivity contribution in [3.05, 3.63) is 35.4 Å². The maximum absolute atomic E-state index is 11.8. The number of carbonyl (C=O) groups is 1. The number of rotatable bonds is 8. The van der Waals surface area contributed by atoms with Gasteiger partial charge in [0.1, 0.15) is 0 Å². The molecule has 1 N–H and O–H groups in total. The number of carbonyl (C=O) groups excluding carboxylic acids is 1. The van der Waals surface area contributed by atoms with E-state index in [1.54, 1.807) is 11.8 Å². The molecule has 1 aromatic heterocycles. The Morgan fingerprint density at radius 1 is 1.22 bits per heavy atom. The number of hydrogen-bond acceptors (Lipinski definition) is 6. The van der Waals surface area contributed by atoms with Crippen molar-refractivity contribution in [1.29, 1.82) is 0 Å². The van der Waals surface area contributed by atoms with Gasteiger partial charge in [-0.15, -0.1) is 10.2 Å². The molecule has 0 aliphatic carbocycles. The van der Waals surface area contributed by atoms with Crippen molar-refractivity contribution in [2.75, 3.05) is 18.6 Å². The summed E-state index contributed by atoms with van der Waals surface area (Å²) in [4.78, 5) is 11.8. The van der Waals surface area contributed by atoms with Crippen molar-refractivity contribution in [1.82, 2.24) is 15.5 Å². The lowest BCUT2D eigenvalue weighted by Gasteiger charge is -2.07. The van der Waals surface area contributed by atoms with E-state index in [2.05, 4.69) is 53.6 Å². The highest BCUT2D eigenvalue weighted by atomic mass is 32.2. The van der Waals surface area contributed by atoms with Crippen LogP contribution in [-0.4, -0.2) is 34.7 Å². The van der Waals surface area contributed by atoms with Gasteiger partial charge in [-0.2, -0.15) is 0 Å². The third-order valence-corrected chi connectivity index (χ3v) is 6.30. The average Bonchev–Trinajstić information content (AvgIpc) is 3.01. The summed E-state index contributed by atoms with van der Waals surface area (Å²) in [7, 11) is 0. The van der Waals surface area contributed by atoms with Gasteiger partial charge in [-0.25, -0.2) is 0 Å². The van der Waals surface area contributed by atoms with E-state index in [1.165, 1.54) is 34.2 Å². The van der Waals surface area contributed by atoms with Crippen LogP contribution in [0.1, 0.15) is 30.9 Å². The SMILES string of the molecule is CSc1nnc(SCC(=O)NCCc2ccc(C(C)C)cc2)s1. The topological polar surface area (TPSA) is 54.9 Å². The summed E-state index contributed by atoms with van der Waals surface area (Å²) in [6.45, 7) is 5.03. The van der Waals surface area contributed by atoms with E-state index in [-0.39, 0.29) is 5.91 Å². The second-order valence-electron chi connectivity index (χ2n) is 5.32. The van der Waals surface area contributed by atoms with Crippen LogP contribution in [-0.2, 0) is 11.2 Å². The lowest BCUT2D eigenvalue weighted by atomic mass is 10.0. The quantitative estimate of drug-likeness (QED) is 0.719. The number of hydrogen-bond donors (Lipinski definition) is 1. The third-order valence-electron chi connectivity index (χ3n) is 3.27. The van der Waals surface area contributed by atoms with Gasteiger partial charge in [0.15, 0.2) is 8.68 Å². The molecular weight excluding hydrogens is 346 g/mol. The number of nitrogens with one attached hydrogen (secondary N) is 1. The Bertz CT molecular complexity index is 626. The molecule has 0 saturated heterocycles. The lowest BCUT2D eigenvalue weighted by Crippen LogP contribution is -2.27. The van der Waals surface area contributed by atoms with Gasteiger partial charge in [0, 0.05) is 6.54 Å². The van der Waals surface area contributed by atoms with Crippen LogP contribution in [0.2, 0.25) is 0 Å². The molecule has 0 fully saturated rings. The second-order valence-corrected chi connectivity index (χ2v) is 8.58. The van der Waals surface area contributed by atoms with Gasteiger partial charge in [-0.3, -0.25) is 4.79 Å². The molecule has 1 heterocycles. The Kier molecular flexibility index (Phi) is 7.39. The van der Waals surface area contributed by atoms with Gasteiger partial charge in [0.05, 0.1) is 5.75 Å². The molecule has 0 spiro atoms. The van der Waals surface area contributed by atoms with Crippen molar-refractivity contribution in [3.63, 3.8) is 0 Å². The molecule has 0 aliphatic rings. The molecular formula is C16H21N3OS3. The molecule has 0 aliphatic heterocycles. The molecule has 0 bridgehead atoms. The number of thioether (sulfide) groups is 2. The molecule has 1 amide bonds. The number of amides is 1. The van der Waals surface area contributed by atoms with Gasteiger partial charge >= 0.3 is 0 Å². The van der Waals surface area contributed by atoms with Gasteiger partial charge in [0.2, 0.25) is 5.91 Å². The molecule has 0 radical (unpaired) electrons. The Labute approximate surface area is 149 Å². The van der Waals surface area contributed by atoms with Gasteiger partial charge in [-0.1, -0.05) is 73.0 Å². The smallest absolute Gasteiger partial charge is 0.230 e. The van der Waals surface area contributed by atoms with Gasteiger partial charge in [0.25, 0.3) is 0 Å². The van der Waals surface area contributed by atoms with E-state index in [0.29, 0.717) is 18.2 Å². The largest absolute Gasteiger partial charge is 0.355 e. The summed E-state index contributed by atoms with van der Waals surface area (Å²) in [5.74, 6) is 0.970. The zero-order chi connectivity index (χ0) is 16.7. The van der Waals surface area contributed by atoms with Crippen molar-refractivity contribution < 1.29 is 4.79 Å². The summed E-state index contributed by atoms with van der Waals surface area (Å²) < 4.78 is 1.77. The first-order valence-electron chi connectivity index (χ1n) is 7.44. The summed E-state index contributed by atoms with van der Waals surface area (Å²) in [5, 5.41) is 11.0. The highest BCUT2D eigenvalue weighted by Gasteiger charge is 2.07. The molecule has 0 unspecified atom stereocenters. The highest BCUT2D eigenvalue weighted by molar-refractivity contribution is 8.03. The minimum absolute atomic E-state index is 0.0368. The summed E-state index contributed by atoms with van der Waals surface area (Å²) in [6.07, 6.45) is 2.82. The van der Waals surface area contributed by atoms with Crippen LogP contribution >= 0.6 is 34.9 Å². The van der Waals surface area contributed by atoms with Crippen molar-refractivity contribution in [2.24, 2.45) is 0 Å². The zero-order valence-corrected chi connectivity index (χ0v) is 16.0. The molecule has 2 rings (SSSR count). The summed E-state index contributed by atoms with van der Waals surface area (Å²) in [6, 6.07) is 8.61. The number of aromatic nitrogens is 2. The molecule has 7 heteroatoms. The average molecular weight is 368 g/mol. The second kappa shape index (κ2) is 9.30. The van der Waals surface area contributed by atoms with E-state index < -0.39 is 0 Å². The van der Waals surface area contributed by atoms with Crippen LogP contribution in [0.5, 0.6) is 0 Å². The fraction of sp³-hybridized carbons (Fsp3) is 0.438. The fourth-order valence-corrected chi connectivity index (χ4v) is 4.20. The third kappa shape index (κ3) is 6.16. The zero-order valence-electron chi connectivity index (χ0n) is 13.5. The normalized spacial score (nSPS) is 11.0. The Balaban J connectivity index is 1.68. The van der Waals surface area contributed by atoms with Crippen LogP contribution in [0.25, 0.3) is 0 Å². The Hall–Kier alpha value is -1.05. The molecule has 2 aromatic rings. The maximum Gasteiger partial charge on any atom is 0.230 e. The predicted octanol–water partition coefficient (Wildman–Crippen LogP) is 3.83. The molecule has 4 nitrogen and oxygen atoms in total. The standard InChI is InChI=1S/C16H21N3OS3/c1-11(2)13-6-4-12(5-7-13)8-9-17-14(20)10-22-16-19-18-15(21-3)23-16/h4-7,11H,8-10H2,1-3H3,(H,17,20). The minimum atomic E-state index is 0.0368. The molecule has 0 saturated carbocycles. The van der Waals surface area contributed by atoms with E-state index in [0.717, 1.165) is 15.1 Å². The number of benzene rings is 1. The van der Waals surface area contributed by atoms with Crippen molar-refractivity contribution in [3.8, 4) is 0 Å². The number of nitrogens with zero attached hydrogens (tertiary/aromatic N) is 2. The van der Waals surface area contributed by atoms with Gasteiger partial charge in [-0.05, 0) is 29.7 Å². The first kappa shape index (κ1) is 18.3. The minimum Gasteiger partial charge on any atom is -0.355 e. The Morgan fingerprint density at radius 2 is 1.91 bits per heavy atom. The maximum atomic E-state index is 11.8. The fourth-order valence-electron chi connectivity index (χ4n) is 1.93. The van der Waals surface area contributed by atoms with E-state index in [1.807, 2.05) is 6.26 Å². The van der Waals surface area contributed by atoms with Crippen LogP contribution < -0.4 is 5.32 Å². The monoisotopic (exact) mass is 367 g/mol. The molecule has 124 valence electrons. The van der Waals surface area contributed by atoms with Crippen LogP contribution in [0.4, 0.5) is 0 Å². The van der Waals surface area contributed by atoms with E-state index >= 15 is 0 Å². The summed E-state index contributed by atoms with van der Waals surface area (Å²) >= 11 is 4.53. The molecule has 23 heavy (non-hydrogen) atoms. The first-order valence-corrected chi connectivity index (χ1v) is 10.5. The highest BCUT2D eigenvalue weighted by Crippen LogP contribution is 2.26. The summed E-state index contributed by atoms with van der Waals surface area (Å²) in [5.41, 5.74) is 2.59.